The van der Waals surface area contributed by atoms with Crippen molar-refractivity contribution in [1.82, 2.24) is 0 Å². The Morgan fingerprint density at radius 1 is 0.800 bits per heavy atom. The van der Waals surface area contributed by atoms with Gasteiger partial charge in [-0.25, -0.2) is 10.1 Å². The van der Waals surface area contributed by atoms with E-state index in [0.717, 1.165) is 51.3 Å². The monoisotopic (exact) mass is 517 g/mol. The third kappa shape index (κ3) is 5.96. The molecule has 0 fully saturated rings. The summed E-state index contributed by atoms with van der Waals surface area (Å²) in [7, 11) is 0. The van der Waals surface area contributed by atoms with E-state index in [4.69, 9.17) is 6.57 Å². The standard InChI is InChI=1S/C37H31N3/c1-37(2)25-30(23-31(26-37)36(27-38)39-3)35-22-21-34(24-29(35)20-19-28-13-7-4-8-14-28)40(32-15-9-5-10-16-32)33-17-11-6-12-18-33/h4-24H,25-26H2,1-2H3. The summed E-state index contributed by atoms with van der Waals surface area (Å²) < 4.78 is 0. The first-order chi connectivity index (χ1) is 19.5. The molecule has 4 aromatic carbocycles. The summed E-state index contributed by atoms with van der Waals surface area (Å²) in [6.07, 6.45) is 7.96. The molecule has 0 aromatic heterocycles. The van der Waals surface area contributed by atoms with E-state index < -0.39 is 0 Å². The summed E-state index contributed by atoms with van der Waals surface area (Å²) >= 11 is 0. The lowest BCUT2D eigenvalue weighted by atomic mass is 9.72. The third-order valence-electron chi connectivity index (χ3n) is 7.13. The van der Waals surface area contributed by atoms with E-state index in [1.54, 1.807) is 0 Å². The molecule has 5 rings (SSSR count). The second kappa shape index (κ2) is 11.7. The highest BCUT2D eigenvalue weighted by Crippen LogP contribution is 2.45. The number of nitriles is 1. The molecule has 0 spiro atoms. The molecular weight excluding hydrogens is 486 g/mol. The first kappa shape index (κ1) is 26.5. The fraction of sp³-hybridized carbons (Fsp3) is 0.135. The molecule has 194 valence electrons. The van der Waals surface area contributed by atoms with Gasteiger partial charge in [0.2, 0.25) is 0 Å². The van der Waals surface area contributed by atoms with Gasteiger partial charge in [0, 0.05) is 17.1 Å². The first-order valence-electron chi connectivity index (χ1n) is 13.5. The average Bonchev–Trinajstić information content (AvgIpc) is 2.98. The van der Waals surface area contributed by atoms with Crippen LogP contribution in [0.3, 0.4) is 0 Å². The maximum atomic E-state index is 9.62. The van der Waals surface area contributed by atoms with Crippen LogP contribution in [0, 0.1) is 23.3 Å². The van der Waals surface area contributed by atoms with Crippen LogP contribution in [0.4, 0.5) is 17.1 Å². The Kier molecular flexibility index (Phi) is 7.77. The number of hydrogen-bond acceptors (Lipinski definition) is 2. The molecule has 0 saturated heterocycles. The van der Waals surface area contributed by atoms with Gasteiger partial charge >= 0.3 is 0 Å². The Bertz CT molecular complexity index is 1610. The molecule has 4 aromatic rings. The minimum absolute atomic E-state index is 0.0641. The van der Waals surface area contributed by atoms with Crippen LogP contribution in [-0.2, 0) is 0 Å². The summed E-state index contributed by atoms with van der Waals surface area (Å²) in [5, 5.41) is 9.62. The van der Waals surface area contributed by atoms with E-state index in [9.17, 15) is 5.26 Å². The van der Waals surface area contributed by atoms with Gasteiger partial charge in [-0.1, -0.05) is 105 Å². The molecular formula is C37H31N3. The molecule has 0 aliphatic heterocycles. The van der Waals surface area contributed by atoms with E-state index in [2.05, 4.69) is 127 Å². The molecule has 0 heterocycles. The van der Waals surface area contributed by atoms with Crippen molar-refractivity contribution in [2.45, 2.75) is 26.7 Å². The number of para-hydroxylation sites is 2. The number of benzene rings is 4. The summed E-state index contributed by atoms with van der Waals surface area (Å²) in [5.41, 5.74) is 8.63. The van der Waals surface area contributed by atoms with Crippen LogP contribution in [0.5, 0.6) is 0 Å². The highest BCUT2D eigenvalue weighted by atomic mass is 15.1. The van der Waals surface area contributed by atoms with Crippen molar-refractivity contribution in [3.63, 3.8) is 0 Å². The van der Waals surface area contributed by atoms with E-state index >= 15 is 0 Å². The predicted molar refractivity (Wildman–Crippen MR) is 167 cm³/mol. The minimum atomic E-state index is -0.0641. The quantitative estimate of drug-likeness (QED) is 0.145. The highest BCUT2D eigenvalue weighted by molar-refractivity contribution is 5.86. The lowest BCUT2D eigenvalue weighted by Gasteiger charge is -2.33. The van der Waals surface area contributed by atoms with Crippen LogP contribution in [-0.4, -0.2) is 0 Å². The molecule has 1 aliphatic rings. The van der Waals surface area contributed by atoms with E-state index in [1.807, 2.05) is 30.3 Å². The van der Waals surface area contributed by atoms with Crippen LogP contribution in [0.25, 0.3) is 22.6 Å². The van der Waals surface area contributed by atoms with Gasteiger partial charge in [0.05, 0.1) is 12.6 Å². The molecule has 0 atom stereocenters. The van der Waals surface area contributed by atoms with Crippen molar-refractivity contribution in [1.29, 1.82) is 5.26 Å². The molecule has 0 radical (unpaired) electrons. The van der Waals surface area contributed by atoms with Crippen molar-refractivity contribution in [2.24, 2.45) is 5.41 Å². The van der Waals surface area contributed by atoms with Gasteiger partial charge in [-0.2, -0.15) is 0 Å². The Morgan fingerprint density at radius 3 is 1.98 bits per heavy atom. The summed E-state index contributed by atoms with van der Waals surface area (Å²) in [6.45, 7) is 12.0. The maximum absolute atomic E-state index is 9.62. The van der Waals surface area contributed by atoms with E-state index in [0.29, 0.717) is 6.42 Å². The van der Waals surface area contributed by atoms with Crippen LogP contribution in [0.15, 0.2) is 127 Å². The van der Waals surface area contributed by atoms with E-state index in [1.165, 1.54) is 0 Å². The minimum Gasteiger partial charge on any atom is -0.310 e. The van der Waals surface area contributed by atoms with E-state index in [-0.39, 0.29) is 11.1 Å². The molecule has 0 bridgehead atoms. The number of rotatable bonds is 6. The lowest BCUT2D eigenvalue weighted by Crippen LogP contribution is -2.18. The van der Waals surface area contributed by atoms with Gasteiger partial charge in [0.25, 0.3) is 5.70 Å². The first-order valence-corrected chi connectivity index (χ1v) is 13.5. The second-order valence-electron chi connectivity index (χ2n) is 10.8. The van der Waals surface area contributed by atoms with Crippen LogP contribution in [0.2, 0.25) is 0 Å². The number of allylic oxidation sites excluding steroid dienone is 4. The zero-order chi connectivity index (χ0) is 28.0. The summed E-state index contributed by atoms with van der Waals surface area (Å²) in [6, 6.07) is 39.8. The van der Waals surface area contributed by atoms with Crippen molar-refractivity contribution in [3.05, 3.63) is 155 Å². The Balaban J connectivity index is 1.69. The molecule has 0 saturated carbocycles. The second-order valence-corrected chi connectivity index (χ2v) is 10.8. The number of anilines is 3. The Morgan fingerprint density at radius 2 is 1.40 bits per heavy atom. The maximum Gasteiger partial charge on any atom is 0.265 e. The third-order valence-corrected chi connectivity index (χ3v) is 7.13. The molecule has 3 heteroatoms. The van der Waals surface area contributed by atoms with Crippen LogP contribution < -0.4 is 4.90 Å². The van der Waals surface area contributed by atoms with Crippen LogP contribution >= 0.6 is 0 Å². The van der Waals surface area contributed by atoms with Gasteiger partial charge in [-0.15, -0.1) is 0 Å². The average molecular weight is 518 g/mol. The fourth-order valence-electron chi connectivity index (χ4n) is 5.37. The van der Waals surface area contributed by atoms with Gasteiger partial charge in [0.1, 0.15) is 0 Å². The zero-order valence-electron chi connectivity index (χ0n) is 22.9. The van der Waals surface area contributed by atoms with Gasteiger partial charge in [-0.3, -0.25) is 0 Å². The molecule has 1 aliphatic carbocycles. The Hall–Kier alpha value is -5.12. The van der Waals surface area contributed by atoms with Gasteiger partial charge < -0.3 is 4.90 Å². The van der Waals surface area contributed by atoms with Crippen molar-refractivity contribution in [2.75, 3.05) is 4.90 Å². The zero-order valence-corrected chi connectivity index (χ0v) is 22.9. The molecule has 0 N–H and O–H groups in total. The topological polar surface area (TPSA) is 31.4 Å². The predicted octanol–water partition coefficient (Wildman–Crippen LogP) is 10.2. The highest BCUT2D eigenvalue weighted by Gasteiger charge is 2.28. The molecule has 40 heavy (non-hydrogen) atoms. The molecule has 0 amide bonds. The van der Waals surface area contributed by atoms with Gasteiger partial charge in [0.15, 0.2) is 0 Å². The number of nitrogens with zero attached hydrogens (tertiary/aromatic N) is 3. The molecule has 3 nitrogen and oxygen atoms in total. The van der Waals surface area contributed by atoms with Crippen molar-refractivity contribution in [3.8, 4) is 6.07 Å². The smallest absolute Gasteiger partial charge is 0.265 e. The normalized spacial score (nSPS) is 15.6. The van der Waals surface area contributed by atoms with Crippen molar-refractivity contribution < 1.29 is 0 Å². The SMILES string of the molecule is [C-]#[N+]C(C#N)=C1C=C(c2ccc(N(c3ccccc3)c3ccccc3)cc2C=Cc2ccccc2)CC(C)(C)C1. The number of hydrogen-bond donors (Lipinski definition) is 0. The summed E-state index contributed by atoms with van der Waals surface area (Å²) in [5.74, 6) is 0. The lowest BCUT2D eigenvalue weighted by molar-refractivity contribution is 0.369. The Labute approximate surface area is 237 Å². The largest absolute Gasteiger partial charge is 0.310 e. The van der Waals surface area contributed by atoms with Gasteiger partial charge in [-0.05, 0) is 82.5 Å². The van der Waals surface area contributed by atoms with Crippen molar-refractivity contribution >= 4 is 34.8 Å². The fourth-order valence-corrected chi connectivity index (χ4v) is 5.37. The summed E-state index contributed by atoms with van der Waals surface area (Å²) in [4.78, 5) is 5.79. The van der Waals surface area contributed by atoms with Crippen LogP contribution in [0.1, 0.15) is 43.4 Å². The molecule has 0 unspecified atom stereocenters.